The van der Waals surface area contributed by atoms with Crippen LogP contribution in [0, 0.1) is 5.92 Å². The number of nitrogens with zero attached hydrogens (tertiary/aromatic N) is 2. The first kappa shape index (κ1) is 16.0. The lowest BCUT2D eigenvalue weighted by Crippen LogP contribution is -2.52. The van der Waals surface area contributed by atoms with E-state index in [-0.39, 0.29) is 31.4 Å². The van der Waals surface area contributed by atoms with Crippen molar-refractivity contribution in [1.82, 2.24) is 9.80 Å². The van der Waals surface area contributed by atoms with Gasteiger partial charge in [0.1, 0.15) is 5.92 Å². The molecule has 3 unspecified atom stereocenters. The zero-order valence-corrected chi connectivity index (χ0v) is 12.7. The summed E-state index contributed by atoms with van der Waals surface area (Å²) in [5.41, 5.74) is 0. The smallest absolute Gasteiger partial charge is 0.320 e. The van der Waals surface area contributed by atoms with E-state index < -0.39 is 11.9 Å². The van der Waals surface area contributed by atoms with E-state index in [0.29, 0.717) is 26.2 Å². The van der Waals surface area contributed by atoms with Gasteiger partial charge < -0.3 is 24.4 Å². The molecule has 0 aliphatic carbocycles. The normalized spacial score (nSPS) is 30.0. The topological polar surface area (TPSA) is 79.3 Å². The summed E-state index contributed by atoms with van der Waals surface area (Å²) >= 11 is 0. The van der Waals surface area contributed by atoms with Gasteiger partial charge in [-0.25, -0.2) is 4.79 Å². The van der Waals surface area contributed by atoms with E-state index >= 15 is 0 Å². The van der Waals surface area contributed by atoms with Crippen LogP contribution in [0.5, 0.6) is 0 Å². The molecule has 2 aliphatic heterocycles. The predicted octanol–water partition coefficient (Wildman–Crippen LogP) is 0.639. The second-order valence-electron chi connectivity index (χ2n) is 5.60. The lowest BCUT2D eigenvalue weighted by molar-refractivity contribution is -0.142. The van der Waals surface area contributed by atoms with Crippen molar-refractivity contribution in [3.63, 3.8) is 0 Å². The second-order valence-corrected chi connectivity index (χ2v) is 5.60. The maximum atomic E-state index is 12.7. The van der Waals surface area contributed by atoms with Gasteiger partial charge in [0, 0.05) is 26.2 Å². The van der Waals surface area contributed by atoms with Crippen molar-refractivity contribution in [2.75, 3.05) is 39.5 Å². The van der Waals surface area contributed by atoms with Gasteiger partial charge in [-0.2, -0.15) is 0 Å². The molecule has 2 heterocycles. The van der Waals surface area contributed by atoms with Gasteiger partial charge in [0.05, 0.1) is 25.4 Å². The van der Waals surface area contributed by atoms with Crippen LogP contribution in [0.4, 0.5) is 4.79 Å². The third kappa shape index (κ3) is 3.65. The van der Waals surface area contributed by atoms with Crippen LogP contribution in [0.15, 0.2) is 0 Å². The van der Waals surface area contributed by atoms with E-state index in [1.54, 1.807) is 9.80 Å². The molecule has 2 rings (SSSR count). The zero-order chi connectivity index (χ0) is 15.4. The molecule has 0 aromatic heterocycles. The minimum Gasteiger partial charge on any atom is -0.481 e. The molecule has 2 saturated heterocycles. The highest BCUT2D eigenvalue weighted by Crippen LogP contribution is 2.22. The van der Waals surface area contributed by atoms with Crippen LogP contribution in [-0.2, 0) is 14.3 Å². The number of hydrogen-bond acceptors (Lipinski definition) is 4. The Labute approximate surface area is 124 Å². The molecule has 0 spiro atoms. The Morgan fingerprint density at radius 2 is 2.14 bits per heavy atom. The zero-order valence-electron chi connectivity index (χ0n) is 12.7. The Hall–Kier alpha value is -1.34. The molecule has 1 N–H and O–H groups in total. The quantitative estimate of drug-likeness (QED) is 0.827. The van der Waals surface area contributed by atoms with Gasteiger partial charge in [0.15, 0.2) is 0 Å². The van der Waals surface area contributed by atoms with E-state index in [9.17, 15) is 14.7 Å². The maximum absolute atomic E-state index is 12.7. The second kappa shape index (κ2) is 7.09. The third-order valence-corrected chi connectivity index (χ3v) is 4.08. The Balaban J connectivity index is 2.08. The van der Waals surface area contributed by atoms with Crippen molar-refractivity contribution in [1.29, 1.82) is 0 Å². The summed E-state index contributed by atoms with van der Waals surface area (Å²) in [7, 11) is 0. The first-order valence-corrected chi connectivity index (χ1v) is 7.52. The highest BCUT2D eigenvalue weighted by atomic mass is 16.5. The van der Waals surface area contributed by atoms with Crippen molar-refractivity contribution in [3.8, 4) is 0 Å². The number of carboxylic acids is 1. The summed E-state index contributed by atoms with van der Waals surface area (Å²) in [6, 6.07) is -0.504. The molecule has 0 radical (unpaired) electrons. The maximum Gasteiger partial charge on any atom is 0.320 e. The van der Waals surface area contributed by atoms with Gasteiger partial charge in [-0.15, -0.1) is 0 Å². The van der Waals surface area contributed by atoms with Gasteiger partial charge in [-0.05, 0) is 20.3 Å². The standard InChI is InChI=1S/C14H24N2O5/c1-3-16(12-9-20-8-11(12)13(17)18)14(19)15-5-4-6-21-10(2)7-15/h10-12H,3-9H2,1-2H3,(H,17,18). The fraction of sp³-hybridized carbons (Fsp3) is 0.857. The van der Waals surface area contributed by atoms with Crippen molar-refractivity contribution in [3.05, 3.63) is 0 Å². The molecule has 0 aromatic rings. The minimum absolute atomic E-state index is 0.00487. The van der Waals surface area contributed by atoms with Crippen LogP contribution in [0.3, 0.4) is 0 Å². The summed E-state index contributed by atoms with van der Waals surface area (Å²) in [4.78, 5) is 27.4. The first-order chi connectivity index (χ1) is 10.0. The molecule has 0 saturated carbocycles. The first-order valence-electron chi connectivity index (χ1n) is 7.52. The predicted molar refractivity (Wildman–Crippen MR) is 75.1 cm³/mol. The highest BCUT2D eigenvalue weighted by Gasteiger charge is 2.40. The van der Waals surface area contributed by atoms with Crippen LogP contribution >= 0.6 is 0 Å². The monoisotopic (exact) mass is 300 g/mol. The van der Waals surface area contributed by atoms with Crippen LogP contribution in [-0.4, -0.2) is 78.5 Å². The van der Waals surface area contributed by atoms with Crippen molar-refractivity contribution < 1.29 is 24.2 Å². The fourth-order valence-electron chi connectivity index (χ4n) is 2.95. The number of rotatable bonds is 3. The molecule has 3 atom stereocenters. The Bertz CT molecular complexity index is 390. The van der Waals surface area contributed by atoms with E-state index in [1.807, 2.05) is 13.8 Å². The van der Waals surface area contributed by atoms with E-state index in [1.165, 1.54) is 0 Å². The average molecular weight is 300 g/mol. The van der Waals surface area contributed by atoms with Crippen molar-refractivity contribution >= 4 is 12.0 Å². The average Bonchev–Trinajstić information content (AvgIpc) is 2.82. The molecule has 2 fully saturated rings. The van der Waals surface area contributed by atoms with Crippen LogP contribution < -0.4 is 0 Å². The molecule has 0 bridgehead atoms. The lowest BCUT2D eigenvalue weighted by Gasteiger charge is -2.34. The molecule has 0 aromatic carbocycles. The van der Waals surface area contributed by atoms with Gasteiger partial charge in [-0.1, -0.05) is 0 Å². The molecule has 2 aliphatic rings. The molecular formula is C14H24N2O5. The Morgan fingerprint density at radius 1 is 1.38 bits per heavy atom. The number of carbonyl (C=O) groups excluding carboxylic acids is 1. The summed E-state index contributed by atoms with van der Waals surface area (Å²) in [6.45, 7) is 6.59. The van der Waals surface area contributed by atoms with Crippen LogP contribution in [0.2, 0.25) is 0 Å². The minimum atomic E-state index is -0.906. The number of carbonyl (C=O) groups is 2. The number of hydrogen-bond donors (Lipinski definition) is 1. The lowest BCUT2D eigenvalue weighted by atomic mass is 10.0. The van der Waals surface area contributed by atoms with Gasteiger partial charge in [0.2, 0.25) is 0 Å². The van der Waals surface area contributed by atoms with E-state index in [0.717, 1.165) is 6.42 Å². The SMILES string of the molecule is CCN(C(=O)N1CCCOC(C)C1)C1COCC1C(=O)O. The summed E-state index contributed by atoms with van der Waals surface area (Å²) in [5.74, 6) is -1.55. The Morgan fingerprint density at radius 3 is 2.81 bits per heavy atom. The van der Waals surface area contributed by atoms with Gasteiger partial charge >= 0.3 is 12.0 Å². The molecule has 120 valence electrons. The van der Waals surface area contributed by atoms with Gasteiger partial charge in [-0.3, -0.25) is 4.79 Å². The van der Waals surface area contributed by atoms with Gasteiger partial charge in [0.25, 0.3) is 0 Å². The summed E-state index contributed by atoms with van der Waals surface area (Å²) in [5, 5.41) is 9.26. The highest BCUT2D eigenvalue weighted by molar-refractivity contribution is 5.77. The Kier molecular flexibility index (Phi) is 5.41. The molecule has 21 heavy (non-hydrogen) atoms. The number of likely N-dealkylation sites (N-methyl/N-ethyl adjacent to an activating group) is 1. The fourth-order valence-corrected chi connectivity index (χ4v) is 2.95. The van der Waals surface area contributed by atoms with Crippen LogP contribution in [0.1, 0.15) is 20.3 Å². The van der Waals surface area contributed by atoms with Crippen molar-refractivity contribution in [2.45, 2.75) is 32.4 Å². The molecular weight excluding hydrogens is 276 g/mol. The number of amides is 2. The molecule has 2 amide bonds. The molecule has 7 nitrogen and oxygen atoms in total. The number of ether oxygens (including phenoxy) is 2. The van der Waals surface area contributed by atoms with E-state index in [4.69, 9.17) is 9.47 Å². The summed E-state index contributed by atoms with van der Waals surface area (Å²) in [6.07, 6.45) is 0.808. The van der Waals surface area contributed by atoms with E-state index in [2.05, 4.69) is 0 Å². The number of urea groups is 1. The largest absolute Gasteiger partial charge is 0.481 e. The number of aliphatic carboxylic acids is 1. The van der Waals surface area contributed by atoms with Crippen LogP contribution in [0.25, 0.3) is 0 Å². The summed E-state index contributed by atoms with van der Waals surface area (Å²) < 4.78 is 10.8. The third-order valence-electron chi connectivity index (χ3n) is 4.08. The number of carboxylic acid groups (broad SMARTS) is 1. The van der Waals surface area contributed by atoms with Crippen molar-refractivity contribution in [2.24, 2.45) is 5.92 Å². The molecule has 7 heteroatoms.